The maximum absolute atomic E-state index is 14.4. The fraction of sp³-hybridized carbons (Fsp3) is 0.667. The van der Waals surface area contributed by atoms with Crippen molar-refractivity contribution in [2.45, 2.75) is 66.6 Å². The van der Waals surface area contributed by atoms with Gasteiger partial charge in [0.15, 0.2) is 0 Å². The number of benzene rings is 1. The molecule has 1 nitrogen and oxygen atoms in total. The summed E-state index contributed by atoms with van der Waals surface area (Å²) in [4.78, 5) is 0. The van der Waals surface area contributed by atoms with Gasteiger partial charge in [0.25, 0.3) is 0 Å². The Morgan fingerprint density at radius 2 is 1.00 bits per heavy atom. The largest absolute Gasteiger partial charge is 0.460 e. The summed E-state index contributed by atoms with van der Waals surface area (Å²) in [6.07, 6.45) is -10.5. The number of rotatable bonds is 10. The van der Waals surface area contributed by atoms with Crippen molar-refractivity contribution >= 4 is 22.6 Å². The van der Waals surface area contributed by atoms with E-state index >= 15 is 0 Å². The third kappa shape index (κ3) is 4.94. The van der Waals surface area contributed by atoms with Gasteiger partial charge in [0.1, 0.15) is 0 Å². The van der Waals surface area contributed by atoms with Crippen molar-refractivity contribution in [1.82, 2.24) is 0 Å². The van der Waals surface area contributed by atoms with Gasteiger partial charge in [0.2, 0.25) is 0 Å². The van der Waals surface area contributed by atoms with Crippen LogP contribution in [0.5, 0.6) is 0 Å². The van der Waals surface area contributed by atoms with Gasteiger partial charge in [0, 0.05) is 10.7 Å². The quantitative estimate of drug-likeness (QED) is 0.176. The topological polar surface area (TPSA) is 9.23 Å². The molecule has 0 aliphatic heterocycles. The average Bonchev–Trinajstić information content (AvgIpc) is 2.71. The zero-order valence-electron chi connectivity index (χ0n) is 17.7. The second kappa shape index (κ2) is 9.42. The average molecular weight is 694 g/mol. The summed E-state index contributed by atoms with van der Waals surface area (Å²) in [5, 5.41) is 0. The number of hydrogen-bond donors (Lipinski definition) is 0. The first-order valence-electron chi connectivity index (χ1n) is 9.04. The molecule has 0 saturated carbocycles. The molecule has 0 aliphatic rings. The van der Waals surface area contributed by atoms with E-state index in [0.29, 0.717) is 14.0 Å². The highest BCUT2D eigenvalue weighted by Crippen LogP contribution is 2.64. The van der Waals surface area contributed by atoms with E-state index in [0.717, 1.165) is 18.2 Å². The summed E-state index contributed by atoms with van der Waals surface area (Å²) in [5.41, 5.74) is -3.25. The Balaban J connectivity index is 3.67. The zero-order chi connectivity index (χ0) is 29.9. The Labute approximate surface area is 209 Å². The maximum Gasteiger partial charge on any atom is 0.460 e. The lowest BCUT2D eigenvalue weighted by atomic mass is 9.83. The molecule has 37 heavy (non-hydrogen) atoms. The maximum atomic E-state index is 14.4. The Kier molecular flexibility index (Phi) is 8.60. The van der Waals surface area contributed by atoms with Gasteiger partial charge in [-0.1, -0.05) is 12.1 Å². The summed E-state index contributed by atoms with van der Waals surface area (Å²) in [5.74, 6) is -56.6. The van der Waals surface area contributed by atoms with Crippen molar-refractivity contribution in [3.05, 3.63) is 33.4 Å². The standard InChI is InChI=1S/C18H12F17IO/c1-10(37-2,8-4-3-5-9(36)6-8)7-11(19,20)12(21,22)13(23,24)14(25,26)15(27,28)16(29,30)17(31,32)18(33,34)35/h3-6H,7H2,1-2H3. The molecule has 0 saturated heterocycles. The molecule has 0 amide bonds. The van der Waals surface area contributed by atoms with Crippen molar-refractivity contribution in [2.24, 2.45) is 0 Å². The third-order valence-corrected chi connectivity index (χ3v) is 5.90. The molecular formula is C18H12F17IO. The zero-order valence-corrected chi connectivity index (χ0v) is 19.9. The van der Waals surface area contributed by atoms with Crippen molar-refractivity contribution in [2.75, 3.05) is 7.11 Å². The normalized spacial score (nSPS) is 17.1. The molecule has 1 unspecified atom stereocenters. The molecule has 1 aromatic carbocycles. The Morgan fingerprint density at radius 3 is 1.35 bits per heavy atom. The predicted octanol–water partition coefficient (Wildman–Crippen LogP) is 8.55. The number of alkyl halides is 17. The van der Waals surface area contributed by atoms with Crippen LogP contribution in [0.3, 0.4) is 0 Å². The first-order valence-corrected chi connectivity index (χ1v) is 10.1. The van der Waals surface area contributed by atoms with E-state index in [9.17, 15) is 74.6 Å². The van der Waals surface area contributed by atoms with Crippen molar-refractivity contribution in [3.8, 4) is 0 Å². The fourth-order valence-corrected chi connectivity index (χ4v) is 3.38. The monoisotopic (exact) mass is 694 g/mol. The van der Waals surface area contributed by atoms with Gasteiger partial charge in [-0.25, -0.2) is 0 Å². The minimum absolute atomic E-state index is 0.206. The minimum atomic E-state index is -8.65. The van der Waals surface area contributed by atoms with Crippen LogP contribution in [0.25, 0.3) is 0 Å². The van der Waals surface area contributed by atoms with Gasteiger partial charge in [-0.2, -0.15) is 74.6 Å². The summed E-state index contributed by atoms with van der Waals surface area (Å²) in [7, 11) is 0.550. The van der Waals surface area contributed by atoms with Crippen molar-refractivity contribution < 1.29 is 79.4 Å². The van der Waals surface area contributed by atoms with Crippen LogP contribution >= 0.6 is 22.6 Å². The highest BCUT2D eigenvalue weighted by atomic mass is 127. The van der Waals surface area contributed by atoms with Crippen LogP contribution in [-0.2, 0) is 10.3 Å². The molecule has 1 rings (SSSR count). The van der Waals surface area contributed by atoms with Gasteiger partial charge in [-0.15, -0.1) is 0 Å². The lowest BCUT2D eigenvalue weighted by Crippen LogP contribution is -2.74. The van der Waals surface area contributed by atoms with E-state index in [2.05, 4.69) is 4.74 Å². The highest BCUT2D eigenvalue weighted by Gasteiger charge is 2.95. The van der Waals surface area contributed by atoms with Crippen molar-refractivity contribution in [1.29, 1.82) is 0 Å². The van der Waals surface area contributed by atoms with E-state index in [4.69, 9.17) is 0 Å². The fourth-order valence-electron chi connectivity index (χ4n) is 2.84. The summed E-state index contributed by atoms with van der Waals surface area (Å²) in [6.45, 7) is 0.533. The first kappa shape index (κ1) is 33.7. The molecule has 0 fully saturated rings. The van der Waals surface area contributed by atoms with Gasteiger partial charge < -0.3 is 4.74 Å². The van der Waals surface area contributed by atoms with E-state index in [-0.39, 0.29) is 3.57 Å². The molecule has 1 atom stereocenters. The first-order chi connectivity index (χ1) is 16.0. The highest BCUT2D eigenvalue weighted by molar-refractivity contribution is 14.1. The molecule has 216 valence electrons. The summed E-state index contributed by atoms with van der Waals surface area (Å²) in [6, 6.07) is 4.27. The van der Waals surface area contributed by atoms with Gasteiger partial charge in [-0.05, 0) is 47.2 Å². The second-order valence-electron chi connectivity index (χ2n) is 7.77. The smallest absolute Gasteiger partial charge is 0.374 e. The SMILES string of the molecule is COC(C)(CC(F)(F)C(F)(F)C(F)(F)C(F)(F)C(F)(F)C(F)(F)C(F)(F)C(F)(F)F)c1cccc(I)c1. The molecule has 0 heterocycles. The van der Waals surface area contributed by atoms with E-state index in [1.54, 1.807) is 22.6 Å². The third-order valence-electron chi connectivity index (χ3n) is 5.23. The molecule has 0 spiro atoms. The second-order valence-corrected chi connectivity index (χ2v) is 9.02. The van der Waals surface area contributed by atoms with Crippen LogP contribution in [-0.4, -0.2) is 54.7 Å². The minimum Gasteiger partial charge on any atom is -0.374 e. The van der Waals surface area contributed by atoms with E-state index in [1.807, 2.05) is 0 Å². The van der Waals surface area contributed by atoms with Gasteiger partial charge >= 0.3 is 47.6 Å². The van der Waals surface area contributed by atoms with E-state index in [1.165, 1.54) is 6.07 Å². The lowest BCUT2D eigenvalue weighted by molar-refractivity contribution is -0.462. The predicted molar refractivity (Wildman–Crippen MR) is 98.8 cm³/mol. The van der Waals surface area contributed by atoms with Gasteiger partial charge in [0.05, 0.1) is 12.0 Å². The van der Waals surface area contributed by atoms with Gasteiger partial charge in [-0.3, -0.25) is 0 Å². The Morgan fingerprint density at radius 1 is 0.622 bits per heavy atom. The Bertz CT molecular complexity index is 971. The molecule has 0 aliphatic carbocycles. The molecule has 0 radical (unpaired) electrons. The summed E-state index contributed by atoms with van der Waals surface area (Å²) < 4.78 is 233. The van der Waals surface area contributed by atoms with Crippen LogP contribution in [0.15, 0.2) is 24.3 Å². The Hall–Kier alpha value is -1.28. The summed E-state index contributed by atoms with van der Waals surface area (Å²) >= 11 is 1.56. The van der Waals surface area contributed by atoms with Crippen LogP contribution in [0.4, 0.5) is 74.6 Å². The number of hydrogen-bond acceptors (Lipinski definition) is 1. The molecular weight excluding hydrogens is 682 g/mol. The number of halogens is 18. The molecule has 1 aromatic rings. The van der Waals surface area contributed by atoms with E-state index < -0.39 is 65.2 Å². The van der Waals surface area contributed by atoms with Crippen LogP contribution in [0.2, 0.25) is 0 Å². The van der Waals surface area contributed by atoms with Crippen LogP contribution in [0.1, 0.15) is 18.9 Å². The van der Waals surface area contributed by atoms with Crippen LogP contribution in [0, 0.1) is 3.57 Å². The molecule has 0 N–H and O–H groups in total. The molecule has 19 heteroatoms. The van der Waals surface area contributed by atoms with Crippen LogP contribution < -0.4 is 0 Å². The lowest BCUT2D eigenvalue weighted by Gasteiger charge is -2.44. The molecule has 0 aromatic heterocycles. The molecule has 0 bridgehead atoms. The number of ether oxygens (including phenoxy) is 1. The number of methoxy groups -OCH3 is 1. The van der Waals surface area contributed by atoms with Crippen molar-refractivity contribution in [3.63, 3.8) is 0 Å².